The first kappa shape index (κ1) is 22.2. The van der Waals surface area contributed by atoms with Crippen molar-refractivity contribution in [3.63, 3.8) is 0 Å². The maximum absolute atomic E-state index is 12.7. The molecule has 0 aromatic heterocycles. The van der Waals surface area contributed by atoms with Crippen molar-refractivity contribution in [1.29, 1.82) is 0 Å². The first-order valence-corrected chi connectivity index (χ1v) is 11.6. The molecule has 5 rings (SSSR count). The largest absolute Gasteiger partial charge is 0.465 e. The van der Waals surface area contributed by atoms with Crippen molar-refractivity contribution in [2.24, 2.45) is 5.92 Å². The Morgan fingerprint density at radius 3 is 2.29 bits per heavy atom. The fourth-order valence-corrected chi connectivity index (χ4v) is 4.60. The number of methoxy groups -OCH3 is 1. The Morgan fingerprint density at radius 1 is 0.882 bits per heavy atom. The molecule has 6 nitrogen and oxygen atoms in total. The molecule has 3 aromatic carbocycles. The van der Waals surface area contributed by atoms with Gasteiger partial charge in [-0.15, -0.1) is 0 Å². The summed E-state index contributed by atoms with van der Waals surface area (Å²) in [4.78, 5) is 26.3. The molecule has 0 saturated carbocycles. The van der Waals surface area contributed by atoms with Crippen LogP contribution in [0.15, 0.2) is 72.8 Å². The summed E-state index contributed by atoms with van der Waals surface area (Å²) in [6.07, 6.45) is 1.40. The number of rotatable bonds is 4. The Labute approximate surface area is 199 Å². The van der Waals surface area contributed by atoms with Crippen LogP contribution in [0.25, 0.3) is 11.1 Å². The Balaban J connectivity index is 1.21. The monoisotopic (exact) mass is 457 g/mol. The zero-order valence-electron chi connectivity index (χ0n) is 19.1. The third-order valence-corrected chi connectivity index (χ3v) is 6.58. The standard InChI is InChI=1S/C28H27NO5/c1-32-27(31)21-9-7-19(8-10-21)23-11-12-25-24(17-23)18-33-28(34-25)22-13-15-29(16-14-22)26(30)20-5-3-2-4-6-20/h2-12,17,22,28H,13-16,18H2,1H3. The average Bonchev–Trinajstić information content (AvgIpc) is 2.92. The van der Waals surface area contributed by atoms with Gasteiger partial charge in [0.1, 0.15) is 5.75 Å². The van der Waals surface area contributed by atoms with Crippen molar-refractivity contribution < 1.29 is 23.8 Å². The number of ether oxygens (including phenoxy) is 3. The number of carbonyl (C=O) groups excluding carboxylic acids is 2. The lowest BCUT2D eigenvalue weighted by molar-refractivity contribution is -0.148. The fraction of sp³-hybridized carbons (Fsp3) is 0.286. The van der Waals surface area contributed by atoms with Crippen molar-refractivity contribution in [3.05, 3.63) is 89.5 Å². The highest BCUT2D eigenvalue weighted by Crippen LogP contribution is 2.35. The Bertz CT molecular complexity index is 1170. The van der Waals surface area contributed by atoms with Gasteiger partial charge in [0.05, 0.1) is 19.3 Å². The third-order valence-electron chi connectivity index (χ3n) is 6.58. The maximum atomic E-state index is 12.7. The molecule has 0 radical (unpaired) electrons. The number of benzene rings is 3. The third kappa shape index (κ3) is 4.54. The van der Waals surface area contributed by atoms with Crippen LogP contribution in [0.3, 0.4) is 0 Å². The highest BCUT2D eigenvalue weighted by Gasteiger charge is 2.33. The number of piperidine rings is 1. The summed E-state index contributed by atoms with van der Waals surface area (Å²) in [5.74, 6) is 0.828. The molecular formula is C28H27NO5. The lowest BCUT2D eigenvalue weighted by Gasteiger charge is -2.37. The average molecular weight is 458 g/mol. The molecule has 1 amide bonds. The smallest absolute Gasteiger partial charge is 0.337 e. The number of hydrogen-bond acceptors (Lipinski definition) is 5. The molecule has 6 heteroatoms. The van der Waals surface area contributed by atoms with Crippen LogP contribution in [0.2, 0.25) is 0 Å². The first-order valence-electron chi connectivity index (χ1n) is 11.6. The second-order valence-corrected chi connectivity index (χ2v) is 8.68. The summed E-state index contributed by atoms with van der Waals surface area (Å²) in [5, 5.41) is 0. The molecule has 2 heterocycles. The number of likely N-dealkylation sites (tertiary alicyclic amines) is 1. The van der Waals surface area contributed by atoms with Crippen molar-refractivity contribution >= 4 is 11.9 Å². The first-order chi connectivity index (χ1) is 16.6. The summed E-state index contributed by atoms with van der Waals surface area (Å²) in [7, 11) is 1.38. The summed E-state index contributed by atoms with van der Waals surface area (Å²) in [5.41, 5.74) is 4.30. The van der Waals surface area contributed by atoms with E-state index in [9.17, 15) is 9.59 Å². The minimum absolute atomic E-state index is 0.0852. The Morgan fingerprint density at radius 2 is 1.59 bits per heavy atom. The normalized spacial score (nSPS) is 18.0. The molecular weight excluding hydrogens is 430 g/mol. The van der Waals surface area contributed by atoms with E-state index in [1.54, 1.807) is 12.1 Å². The van der Waals surface area contributed by atoms with E-state index in [1.807, 2.05) is 59.5 Å². The molecule has 174 valence electrons. The molecule has 0 spiro atoms. The summed E-state index contributed by atoms with van der Waals surface area (Å²) in [6.45, 7) is 1.89. The maximum Gasteiger partial charge on any atom is 0.337 e. The fourth-order valence-electron chi connectivity index (χ4n) is 4.60. The van der Waals surface area contributed by atoms with E-state index in [4.69, 9.17) is 14.2 Å². The van der Waals surface area contributed by atoms with Gasteiger partial charge in [-0.1, -0.05) is 36.4 Å². The van der Waals surface area contributed by atoms with E-state index in [1.165, 1.54) is 7.11 Å². The van der Waals surface area contributed by atoms with Crippen molar-refractivity contribution in [2.45, 2.75) is 25.7 Å². The summed E-state index contributed by atoms with van der Waals surface area (Å²) >= 11 is 0. The van der Waals surface area contributed by atoms with Crippen molar-refractivity contribution in [1.82, 2.24) is 4.90 Å². The van der Waals surface area contributed by atoms with E-state index in [2.05, 4.69) is 6.07 Å². The molecule has 2 aliphatic heterocycles. The Hall–Kier alpha value is -3.64. The van der Waals surface area contributed by atoms with Crippen LogP contribution in [0, 0.1) is 5.92 Å². The van der Waals surface area contributed by atoms with E-state index in [-0.39, 0.29) is 24.1 Å². The SMILES string of the molecule is COC(=O)c1ccc(-c2ccc3c(c2)COC(C2CCN(C(=O)c4ccccc4)CC2)O3)cc1. The van der Waals surface area contributed by atoms with Gasteiger partial charge < -0.3 is 19.1 Å². The number of esters is 1. The van der Waals surface area contributed by atoms with Gasteiger partial charge in [0.2, 0.25) is 6.29 Å². The second kappa shape index (κ2) is 9.69. The van der Waals surface area contributed by atoms with E-state index >= 15 is 0 Å². The molecule has 3 aromatic rings. The van der Waals surface area contributed by atoms with Crippen LogP contribution in [0.5, 0.6) is 5.75 Å². The molecule has 1 unspecified atom stereocenters. The van der Waals surface area contributed by atoms with Gasteiger partial charge in [-0.25, -0.2) is 4.79 Å². The van der Waals surface area contributed by atoms with Gasteiger partial charge in [-0.2, -0.15) is 0 Å². The van der Waals surface area contributed by atoms with Crippen LogP contribution >= 0.6 is 0 Å². The molecule has 1 saturated heterocycles. The van der Waals surface area contributed by atoms with Crippen LogP contribution in [0.4, 0.5) is 0 Å². The predicted octanol–water partition coefficient (Wildman–Crippen LogP) is 4.93. The number of carbonyl (C=O) groups is 2. The van der Waals surface area contributed by atoms with E-state index in [0.29, 0.717) is 25.3 Å². The van der Waals surface area contributed by atoms with Gasteiger partial charge in [-0.05, 0) is 60.4 Å². The van der Waals surface area contributed by atoms with Crippen molar-refractivity contribution in [2.75, 3.05) is 20.2 Å². The number of nitrogens with zero attached hydrogens (tertiary/aromatic N) is 1. The molecule has 0 N–H and O–H groups in total. The lowest BCUT2D eigenvalue weighted by Crippen LogP contribution is -2.44. The zero-order chi connectivity index (χ0) is 23.5. The summed E-state index contributed by atoms with van der Waals surface area (Å²) in [6, 6.07) is 22.9. The second-order valence-electron chi connectivity index (χ2n) is 8.68. The van der Waals surface area contributed by atoms with Crippen molar-refractivity contribution in [3.8, 4) is 16.9 Å². The molecule has 0 bridgehead atoms. The highest BCUT2D eigenvalue weighted by atomic mass is 16.7. The van der Waals surface area contributed by atoms with Gasteiger partial charge >= 0.3 is 5.97 Å². The molecule has 34 heavy (non-hydrogen) atoms. The predicted molar refractivity (Wildman–Crippen MR) is 127 cm³/mol. The number of hydrogen-bond donors (Lipinski definition) is 0. The Kier molecular flexibility index (Phi) is 6.32. The molecule has 1 atom stereocenters. The van der Waals surface area contributed by atoms with Gasteiger partial charge in [0.15, 0.2) is 0 Å². The van der Waals surface area contributed by atoms with Crippen LogP contribution in [-0.2, 0) is 16.1 Å². The summed E-state index contributed by atoms with van der Waals surface area (Å²) < 4.78 is 17.1. The van der Waals surface area contributed by atoms with E-state index < -0.39 is 0 Å². The van der Waals surface area contributed by atoms with Crippen LogP contribution < -0.4 is 4.74 Å². The quantitative estimate of drug-likeness (QED) is 0.520. The zero-order valence-corrected chi connectivity index (χ0v) is 19.1. The van der Waals surface area contributed by atoms with Gasteiger partial charge in [0, 0.05) is 30.1 Å². The number of amides is 1. The van der Waals surface area contributed by atoms with Gasteiger partial charge in [-0.3, -0.25) is 4.79 Å². The van der Waals surface area contributed by atoms with Crippen LogP contribution in [-0.4, -0.2) is 43.3 Å². The number of fused-ring (bicyclic) bond motifs is 1. The van der Waals surface area contributed by atoms with Gasteiger partial charge in [0.25, 0.3) is 5.91 Å². The van der Waals surface area contributed by atoms with Crippen LogP contribution in [0.1, 0.15) is 39.1 Å². The topological polar surface area (TPSA) is 65.1 Å². The molecule has 0 aliphatic carbocycles. The van der Waals surface area contributed by atoms with E-state index in [0.717, 1.165) is 40.8 Å². The lowest BCUT2D eigenvalue weighted by atomic mass is 9.94. The minimum Gasteiger partial charge on any atom is -0.465 e. The minimum atomic E-state index is -0.347. The molecule has 1 fully saturated rings. The molecule has 2 aliphatic rings. The highest BCUT2D eigenvalue weighted by molar-refractivity contribution is 5.94.